The highest BCUT2D eigenvalue weighted by Gasteiger charge is 2.39. The third-order valence-electron chi connectivity index (χ3n) is 5.24. The highest BCUT2D eigenvalue weighted by atomic mass is 35.5. The number of hydrogen-bond acceptors (Lipinski definition) is 4. The number of nitrogens with zero attached hydrogens (tertiary/aromatic N) is 1. The van der Waals surface area contributed by atoms with Gasteiger partial charge in [0.25, 0.3) is 0 Å². The molecule has 1 aromatic rings. The van der Waals surface area contributed by atoms with Crippen LogP contribution in [0, 0.1) is 0 Å². The molecule has 2 bridgehead atoms. The molecule has 1 amide bonds. The lowest BCUT2D eigenvalue weighted by atomic mass is 9.98. The van der Waals surface area contributed by atoms with Gasteiger partial charge in [-0.1, -0.05) is 0 Å². The summed E-state index contributed by atoms with van der Waals surface area (Å²) in [6, 6.07) is 3.87. The average Bonchev–Trinajstić information content (AvgIpc) is 3.11. The van der Waals surface area contributed by atoms with Crippen molar-refractivity contribution in [3.8, 4) is 0 Å². The number of hydrogen-bond donors (Lipinski definition) is 1. The molecule has 22 heavy (non-hydrogen) atoms. The number of likely N-dealkylation sites (N-methyl/N-ethyl adjacent to an activating group) is 1. The van der Waals surface area contributed by atoms with Crippen LogP contribution in [0.15, 0.2) is 11.4 Å². The molecule has 3 atom stereocenters. The summed E-state index contributed by atoms with van der Waals surface area (Å²) in [5.74, 6) is 1.40. The smallest absolute Gasteiger partial charge is 0.240 e. The minimum Gasteiger partial charge on any atom is -0.341 e. The second kappa shape index (κ2) is 6.71. The van der Waals surface area contributed by atoms with Crippen molar-refractivity contribution in [3.63, 3.8) is 0 Å². The molecule has 0 radical (unpaired) electrons. The highest BCUT2D eigenvalue weighted by molar-refractivity contribution is 8.00. The van der Waals surface area contributed by atoms with Crippen LogP contribution < -0.4 is 5.32 Å². The zero-order chi connectivity index (χ0) is 14.4. The lowest BCUT2D eigenvalue weighted by molar-refractivity contribution is -0.132. The molecule has 4 rings (SSSR count). The summed E-state index contributed by atoms with van der Waals surface area (Å²) in [6.07, 6.45) is 5.97. The molecule has 6 heteroatoms. The molecule has 0 aliphatic carbocycles. The maximum absolute atomic E-state index is 13.0. The third kappa shape index (κ3) is 2.93. The van der Waals surface area contributed by atoms with Crippen molar-refractivity contribution in [1.29, 1.82) is 0 Å². The molecule has 0 saturated carbocycles. The van der Waals surface area contributed by atoms with Gasteiger partial charge in [-0.15, -0.1) is 35.5 Å². The number of thiophene rings is 1. The molecular weight excluding hydrogens is 336 g/mol. The minimum absolute atomic E-state index is 0. The first kappa shape index (κ1) is 16.6. The molecule has 122 valence electrons. The molecule has 3 nitrogen and oxygen atoms in total. The van der Waals surface area contributed by atoms with E-state index in [0.717, 1.165) is 25.0 Å². The summed E-state index contributed by atoms with van der Waals surface area (Å²) >= 11 is 3.64. The molecule has 3 aliphatic heterocycles. The van der Waals surface area contributed by atoms with E-state index in [1.807, 2.05) is 30.1 Å². The van der Waals surface area contributed by atoms with E-state index >= 15 is 0 Å². The topological polar surface area (TPSA) is 32.3 Å². The van der Waals surface area contributed by atoms with Crippen LogP contribution in [0.4, 0.5) is 0 Å². The molecule has 1 aromatic heterocycles. The molecule has 0 spiro atoms. The minimum atomic E-state index is 0. The maximum Gasteiger partial charge on any atom is 0.240 e. The van der Waals surface area contributed by atoms with Gasteiger partial charge in [-0.2, -0.15) is 0 Å². The highest BCUT2D eigenvalue weighted by Crippen LogP contribution is 2.41. The van der Waals surface area contributed by atoms with Gasteiger partial charge < -0.3 is 10.2 Å². The van der Waals surface area contributed by atoms with Gasteiger partial charge in [-0.05, 0) is 54.9 Å². The van der Waals surface area contributed by atoms with Gasteiger partial charge in [-0.3, -0.25) is 4.79 Å². The third-order valence-corrected chi connectivity index (χ3v) is 7.47. The van der Waals surface area contributed by atoms with E-state index in [-0.39, 0.29) is 17.7 Å². The van der Waals surface area contributed by atoms with Crippen LogP contribution >= 0.6 is 35.5 Å². The summed E-state index contributed by atoms with van der Waals surface area (Å²) in [7, 11) is 2.03. The van der Waals surface area contributed by atoms with Crippen LogP contribution in [0.3, 0.4) is 0 Å². The van der Waals surface area contributed by atoms with Gasteiger partial charge in [0.1, 0.15) is 5.25 Å². The molecule has 3 aliphatic rings. The Labute approximate surface area is 146 Å². The number of rotatable bonds is 2. The zero-order valence-corrected chi connectivity index (χ0v) is 15.2. The number of piperidine rings is 1. The van der Waals surface area contributed by atoms with Gasteiger partial charge in [-0.25, -0.2) is 0 Å². The molecule has 2 saturated heterocycles. The fourth-order valence-electron chi connectivity index (χ4n) is 4.06. The van der Waals surface area contributed by atoms with E-state index in [4.69, 9.17) is 0 Å². The summed E-state index contributed by atoms with van der Waals surface area (Å²) in [5, 5.41) is 5.84. The second-order valence-electron chi connectivity index (χ2n) is 6.51. The van der Waals surface area contributed by atoms with Crippen molar-refractivity contribution in [3.05, 3.63) is 21.9 Å². The standard InChI is InChI=1S/C16H22N2OS2.ClH/c1-18(12-8-10-2-3-11(9-12)17-10)16(19)15-13-4-6-20-14(13)5-7-21-15;/h4,6,10-12,15,17H,2-3,5,7-9H2,1H3;1H. The van der Waals surface area contributed by atoms with Crippen molar-refractivity contribution < 1.29 is 4.79 Å². The van der Waals surface area contributed by atoms with E-state index in [2.05, 4.69) is 21.7 Å². The van der Waals surface area contributed by atoms with E-state index in [1.165, 1.54) is 23.3 Å². The monoisotopic (exact) mass is 358 g/mol. The Morgan fingerprint density at radius 2 is 2.05 bits per heavy atom. The number of carbonyl (C=O) groups is 1. The predicted octanol–water partition coefficient (Wildman–Crippen LogP) is 3.24. The molecule has 0 aromatic carbocycles. The van der Waals surface area contributed by atoms with Gasteiger partial charge in [0, 0.05) is 30.1 Å². The van der Waals surface area contributed by atoms with Gasteiger partial charge in [0.05, 0.1) is 0 Å². The summed E-state index contributed by atoms with van der Waals surface area (Å²) in [5.41, 5.74) is 1.28. The van der Waals surface area contributed by atoms with Crippen molar-refractivity contribution in [2.45, 2.75) is 55.5 Å². The Kier molecular flexibility index (Phi) is 5.07. The van der Waals surface area contributed by atoms with Crippen LogP contribution in [-0.4, -0.2) is 41.7 Å². The largest absolute Gasteiger partial charge is 0.341 e. The van der Waals surface area contributed by atoms with Crippen LogP contribution in [0.1, 0.15) is 41.4 Å². The molecule has 3 unspecified atom stereocenters. The fourth-order valence-corrected chi connectivity index (χ4v) is 6.45. The predicted molar refractivity (Wildman–Crippen MR) is 96.2 cm³/mol. The molecular formula is C16H23ClN2OS2. The van der Waals surface area contributed by atoms with Gasteiger partial charge in [0.15, 0.2) is 0 Å². The molecule has 2 fully saturated rings. The number of amides is 1. The van der Waals surface area contributed by atoms with Gasteiger partial charge in [0.2, 0.25) is 5.91 Å². The lowest BCUT2D eigenvalue weighted by Gasteiger charge is -2.37. The Morgan fingerprint density at radius 1 is 1.32 bits per heavy atom. The summed E-state index contributed by atoms with van der Waals surface area (Å²) < 4.78 is 0. The number of carbonyl (C=O) groups excluding carboxylic acids is 1. The van der Waals surface area contributed by atoms with Crippen LogP contribution in [0.5, 0.6) is 0 Å². The first-order chi connectivity index (χ1) is 10.2. The van der Waals surface area contributed by atoms with Gasteiger partial charge >= 0.3 is 0 Å². The van der Waals surface area contributed by atoms with E-state index in [9.17, 15) is 4.79 Å². The van der Waals surface area contributed by atoms with Crippen LogP contribution in [0.25, 0.3) is 0 Å². The summed E-state index contributed by atoms with van der Waals surface area (Å²) in [4.78, 5) is 16.5. The van der Waals surface area contributed by atoms with E-state index < -0.39 is 0 Å². The van der Waals surface area contributed by atoms with E-state index in [1.54, 1.807) is 0 Å². The van der Waals surface area contributed by atoms with Crippen molar-refractivity contribution in [2.24, 2.45) is 0 Å². The number of fused-ring (bicyclic) bond motifs is 3. The zero-order valence-electron chi connectivity index (χ0n) is 12.8. The Morgan fingerprint density at radius 3 is 2.77 bits per heavy atom. The van der Waals surface area contributed by atoms with Crippen LogP contribution in [-0.2, 0) is 11.2 Å². The maximum atomic E-state index is 13.0. The fraction of sp³-hybridized carbons (Fsp3) is 0.688. The summed E-state index contributed by atoms with van der Waals surface area (Å²) in [6.45, 7) is 0. The van der Waals surface area contributed by atoms with E-state index in [0.29, 0.717) is 24.0 Å². The number of halogens is 1. The number of thioether (sulfide) groups is 1. The average molecular weight is 359 g/mol. The van der Waals surface area contributed by atoms with Crippen molar-refractivity contribution >= 4 is 41.4 Å². The Bertz CT molecular complexity index is 538. The lowest BCUT2D eigenvalue weighted by Crippen LogP contribution is -2.49. The first-order valence-corrected chi connectivity index (χ1v) is 9.86. The van der Waals surface area contributed by atoms with Crippen molar-refractivity contribution in [2.75, 3.05) is 12.8 Å². The Hall–Kier alpha value is -0.230. The number of nitrogens with one attached hydrogen (secondary N) is 1. The molecule has 4 heterocycles. The molecule has 1 N–H and O–H groups in total. The second-order valence-corrected chi connectivity index (χ2v) is 8.73. The quantitative estimate of drug-likeness (QED) is 0.880. The van der Waals surface area contributed by atoms with Crippen LogP contribution in [0.2, 0.25) is 0 Å². The first-order valence-electron chi connectivity index (χ1n) is 7.93. The normalized spacial score (nSPS) is 33.0. The SMILES string of the molecule is CN(C(=O)C1SCCc2sccc21)C1CC2CCC(C1)N2.Cl. The number of aryl methyl sites for hydroxylation is 1. The Balaban J connectivity index is 0.00000144. The van der Waals surface area contributed by atoms with Crippen molar-refractivity contribution in [1.82, 2.24) is 10.2 Å².